The van der Waals surface area contributed by atoms with Crippen molar-refractivity contribution in [3.63, 3.8) is 0 Å². The average Bonchev–Trinajstić information content (AvgIpc) is 2.80. The highest BCUT2D eigenvalue weighted by molar-refractivity contribution is 6.30. The molecule has 0 aromatic heterocycles. The smallest absolute Gasteiger partial charge is 0.345 e. The second kappa shape index (κ2) is 8.43. The van der Waals surface area contributed by atoms with Crippen molar-refractivity contribution in [2.24, 2.45) is 0 Å². The van der Waals surface area contributed by atoms with E-state index in [1.807, 2.05) is 19.1 Å². The summed E-state index contributed by atoms with van der Waals surface area (Å²) in [6.45, 7) is 1.76. The summed E-state index contributed by atoms with van der Waals surface area (Å²) in [6.07, 6.45) is 0. The highest BCUT2D eigenvalue weighted by atomic mass is 16.6. The molecule has 8 heteroatoms. The van der Waals surface area contributed by atoms with Crippen LogP contribution in [-0.2, 0) is 4.74 Å². The topological polar surface area (TPSA) is 113 Å². The average molecular weight is 431 g/mol. The predicted octanol–water partition coefficient (Wildman–Crippen LogP) is 3.91. The number of aryl methyl sites for hydroxylation is 1. The van der Waals surface area contributed by atoms with E-state index >= 15 is 0 Å². The zero-order valence-electron chi connectivity index (χ0n) is 17.0. The van der Waals surface area contributed by atoms with Crippen molar-refractivity contribution in [1.82, 2.24) is 0 Å². The lowest BCUT2D eigenvalue weighted by Crippen LogP contribution is -2.24. The molecule has 0 fully saturated rings. The summed E-state index contributed by atoms with van der Waals surface area (Å²) in [5.41, 5.74) is -0.504. The number of hydrogen-bond donors (Lipinski definition) is 0. The van der Waals surface area contributed by atoms with E-state index in [4.69, 9.17) is 9.47 Å². The van der Waals surface area contributed by atoms with Gasteiger partial charge in [0.1, 0.15) is 30.1 Å². The summed E-state index contributed by atoms with van der Waals surface area (Å²) in [4.78, 5) is 49.3. The Labute approximate surface area is 182 Å². The molecule has 160 valence electrons. The maximum Gasteiger partial charge on any atom is 0.345 e. The van der Waals surface area contributed by atoms with Gasteiger partial charge in [-0.1, -0.05) is 42.5 Å². The lowest BCUT2D eigenvalue weighted by atomic mass is 9.82. The molecule has 0 amide bonds. The molecule has 1 aliphatic rings. The van der Waals surface area contributed by atoms with E-state index in [1.165, 1.54) is 18.2 Å². The van der Waals surface area contributed by atoms with Gasteiger partial charge in [-0.15, -0.1) is 0 Å². The van der Waals surface area contributed by atoms with Gasteiger partial charge in [-0.25, -0.2) is 4.79 Å². The van der Waals surface area contributed by atoms with Crippen LogP contribution in [0.2, 0.25) is 0 Å². The van der Waals surface area contributed by atoms with Crippen LogP contribution in [-0.4, -0.2) is 35.7 Å². The monoisotopic (exact) mass is 431 g/mol. The van der Waals surface area contributed by atoms with Gasteiger partial charge in [0.15, 0.2) is 5.78 Å². The first-order valence-electron chi connectivity index (χ1n) is 9.75. The van der Waals surface area contributed by atoms with Crippen molar-refractivity contribution in [3.05, 3.63) is 104 Å². The standard InChI is InChI=1S/C24H17NO7/c1-14-6-2-5-9-19(14)31-12-13-32-24(28)18-11-10-17-20(21(18)25(29)30)23(27)16-8-4-3-7-15(16)22(17)26/h2-11H,12-13H2,1H3. The van der Waals surface area contributed by atoms with Crippen molar-refractivity contribution < 1.29 is 28.8 Å². The van der Waals surface area contributed by atoms with Crippen LogP contribution in [0.1, 0.15) is 47.8 Å². The fourth-order valence-electron chi connectivity index (χ4n) is 3.61. The van der Waals surface area contributed by atoms with Crippen LogP contribution < -0.4 is 4.74 Å². The van der Waals surface area contributed by atoms with E-state index in [0.717, 1.165) is 11.6 Å². The number of nitro benzene ring substituents is 1. The zero-order valence-corrected chi connectivity index (χ0v) is 17.0. The number of nitro groups is 1. The first kappa shape index (κ1) is 20.9. The highest BCUT2D eigenvalue weighted by Gasteiger charge is 2.38. The second-order valence-corrected chi connectivity index (χ2v) is 7.10. The Bertz CT molecular complexity index is 1280. The van der Waals surface area contributed by atoms with Gasteiger partial charge in [0.05, 0.1) is 4.92 Å². The molecule has 0 unspecified atom stereocenters. The molecule has 0 heterocycles. The van der Waals surface area contributed by atoms with Crippen molar-refractivity contribution in [2.45, 2.75) is 6.92 Å². The van der Waals surface area contributed by atoms with Crippen molar-refractivity contribution >= 4 is 23.2 Å². The normalized spacial score (nSPS) is 12.0. The van der Waals surface area contributed by atoms with E-state index in [0.29, 0.717) is 5.75 Å². The largest absolute Gasteiger partial charge is 0.490 e. The zero-order chi connectivity index (χ0) is 22.8. The van der Waals surface area contributed by atoms with Gasteiger partial charge in [-0.3, -0.25) is 19.7 Å². The number of benzene rings is 3. The van der Waals surface area contributed by atoms with Crippen molar-refractivity contribution in [3.8, 4) is 5.75 Å². The molecule has 8 nitrogen and oxygen atoms in total. The molecule has 4 rings (SSSR count). The molecule has 0 bridgehead atoms. The molecule has 3 aromatic rings. The van der Waals surface area contributed by atoms with E-state index in [2.05, 4.69) is 0 Å². The molecule has 0 spiro atoms. The predicted molar refractivity (Wildman–Crippen MR) is 113 cm³/mol. The lowest BCUT2D eigenvalue weighted by molar-refractivity contribution is -0.385. The molecule has 32 heavy (non-hydrogen) atoms. The lowest BCUT2D eigenvalue weighted by Gasteiger charge is -2.18. The quantitative estimate of drug-likeness (QED) is 0.197. The summed E-state index contributed by atoms with van der Waals surface area (Å²) >= 11 is 0. The van der Waals surface area contributed by atoms with Gasteiger partial charge >= 0.3 is 5.97 Å². The molecular formula is C24H17NO7. The van der Waals surface area contributed by atoms with Crippen molar-refractivity contribution in [1.29, 1.82) is 0 Å². The third-order valence-corrected chi connectivity index (χ3v) is 5.14. The Hall–Kier alpha value is -4.33. The molecule has 3 aromatic carbocycles. The number of ether oxygens (including phenoxy) is 2. The molecule has 0 aliphatic heterocycles. The SMILES string of the molecule is Cc1ccccc1OCCOC(=O)c1ccc2c(c1[N+](=O)[O-])C(=O)c1ccccc1C2=O. The number of carbonyl (C=O) groups excluding carboxylic acids is 3. The van der Waals surface area contributed by atoms with E-state index in [-0.39, 0.29) is 29.9 Å². The maximum absolute atomic E-state index is 13.0. The number of esters is 1. The Morgan fingerprint density at radius 3 is 2.22 bits per heavy atom. The summed E-state index contributed by atoms with van der Waals surface area (Å²) in [6, 6.07) is 15.8. The summed E-state index contributed by atoms with van der Waals surface area (Å²) in [7, 11) is 0. The summed E-state index contributed by atoms with van der Waals surface area (Å²) in [5.74, 6) is -1.54. The molecular weight excluding hydrogens is 414 g/mol. The number of nitrogens with zero attached hydrogens (tertiary/aromatic N) is 1. The minimum absolute atomic E-state index is 0.0418. The van der Waals surface area contributed by atoms with E-state index < -0.39 is 39.3 Å². The Morgan fingerprint density at radius 2 is 1.53 bits per heavy atom. The van der Waals surface area contributed by atoms with Crippen LogP contribution in [0.25, 0.3) is 0 Å². The van der Waals surface area contributed by atoms with Crippen LogP contribution in [0.5, 0.6) is 5.75 Å². The van der Waals surface area contributed by atoms with Crippen LogP contribution >= 0.6 is 0 Å². The van der Waals surface area contributed by atoms with Crippen molar-refractivity contribution in [2.75, 3.05) is 13.2 Å². The molecule has 0 radical (unpaired) electrons. The fraction of sp³-hybridized carbons (Fsp3) is 0.125. The summed E-state index contributed by atoms with van der Waals surface area (Å²) < 4.78 is 10.7. The minimum atomic E-state index is -0.980. The van der Waals surface area contributed by atoms with E-state index in [1.54, 1.807) is 24.3 Å². The Morgan fingerprint density at radius 1 is 0.875 bits per heavy atom. The number of carbonyl (C=O) groups is 3. The number of ketones is 2. The third-order valence-electron chi connectivity index (χ3n) is 5.14. The molecule has 1 aliphatic carbocycles. The van der Waals surface area contributed by atoms with Gasteiger partial charge in [-0.05, 0) is 30.7 Å². The van der Waals surface area contributed by atoms with Gasteiger partial charge in [0.2, 0.25) is 5.78 Å². The first-order chi connectivity index (χ1) is 15.4. The minimum Gasteiger partial charge on any atom is -0.490 e. The molecule has 0 atom stereocenters. The van der Waals surface area contributed by atoms with Crippen LogP contribution in [0.15, 0.2) is 60.7 Å². The van der Waals surface area contributed by atoms with Crippen LogP contribution in [0.3, 0.4) is 0 Å². The number of para-hydroxylation sites is 1. The number of fused-ring (bicyclic) bond motifs is 2. The second-order valence-electron chi connectivity index (χ2n) is 7.10. The fourth-order valence-corrected chi connectivity index (χ4v) is 3.61. The van der Waals surface area contributed by atoms with Gasteiger partial charge in [0, 0.05) is 16.7 Å². The maximum atomic E-state index is 13.0. The van der Waals surface area contributed by atoms with Gasteiger partial charge in [-0.2, -0.15) is 0 Å². The number of rotatable bonds is 6. The third kappa shape index (κ3) is 3.62. The van der Waals surface area contributed by atoms with Gasteiger partial charge < -0.3 is 9.47 Å². The highest BCUT2D eigenvalue weighted by Crippen LogP contribution is 2.35. The van der Waals surface area contributed by atoms with E-state index in [9.17, 15) is 24.5 Å². The Balaban J connectivity index is 1.59. The number of hydrogen-bond acceptors (Lipinski definition) is 7. The Kier molecular flexibility index (Phi) is 5.51. The molecule has 0 saturated heterocycles. The molecule has 0 N–H and O–H groups in total. The van der Waals surface area contributed by atoms with Crippen LogP contribution in [0.4, 0.5) is 5.69 Å². The summed E-state index contributed by atoms with van der Waals surface area (Å²) in [5, 5.41) is 11.8. The van der Waals surface area contributed by atoms with Crippen LogP contribution in [0, 0.1) is 17.0 Å². The van der Waals surface area contributed by atoms with Gasteiger partial charge in [0.25, 0.3) is 5.69 Å². The first-order valence-corrected chi connectivity index (χ1v) is 9.75. The molecule has 0 saturated carbocycles.